The van der Waals surface area contributed by atoms with Crippen LogP contribution in [0.2, 0.25) is 0 Å². The van der Waals surface area contributed by atoms with E-state index in [9.17, 15) is 0 Å². The van der Waals surface area contributed by atoms with Crippen molar-refractivity contribution in [3.63, 3.8) is 0 Å². The molecule has 0 saturated carbocycles. The summed E-state index contributed by atoms with van der Waals surface area (Å²) < 4.78 is 5.49. The first kappa shape index (κ1) is 8.95. The molecule has 2 heterocycles. The van der Waals surface area contributed by atoms with Crippen LogP contribution in [0.1, 0.15) is 11.6 Å². The summed E-state index contributed by atoms with van der Waals surface area (Å²) in [7, 11) is 0. The minimum atomic E-state index is 0.320. The molecule has 1 fully saturated rings. The molecule has 1 unspecified atom stereocenters. The van der Waals surface area contributed by atoms with Gasteiger partial charge in [-0.2, -0.15) is 0 Å². The molecular formula is C12H14N2O. The third-order valence-corrected chi connectivity index (χ3v) is 2.92. The molecule has 0 amide bonds. The van der Waals surface area contributed by atoms with Crippen molar-refractivity contribution in [2.75, 3.05) is 19.8 Å². The molecule has 1 atom stereocenters. The van der Waals surface area contributed by atoms with E-state index >= 15 is 0 Å². The van der Waals surface area contributed by atoms with E-state index in [0.717, 1.165) is 19.8 Å². The van der Waals surface area contributed by atoms with Gasteiger partial charge in [-0.25, -0.2) is 0 Å². The Morgan fingerprint density at radius 1 is 1.27 bits per heavy atom. The first-order valence-corrected chi connectivity index (χ1v) is 5.32. The molecule has 2 aromatic rings. The van der Waals surface area contributed by atoms with Crippen LogP contribution in [0.4, 0.5) is 0 Å². The number of hydrogen-bond donors (Lipinski definition) is 2. The molecule has 15 heavy (non-hydrogen) atoms. The number of fused-ring (bicyclic) bond motifs is 1. The summed E-state index contributed by atoms with van der Waals surface area (Å²) >= 11 is 0. The second-order valence-corrected chi connectivity index (χ2v) is 3.87. The van der Waals surface area contributed by atoms with E-state index in [0.29, 0.717) is 6.04 Å². The third-order valence-electron chi connectivity index (χ3n) is 2.92. The molecular weight excluding hydrogens is 188 g/mol. The lowest BCUT2D eigenvalue weighted by Crippen LogP contribution is -2.34. The molecule has 1 saturated heterocycles. The van der Waals surface area contributed by atoms with Crippen LogP contribution in [-0.2, 0) is 4.74 Å². The Kier molecular flexibility index (Phi) is 2.19. The van der Waals surface area contributed by atoms with Gasteiger partial charge >= 0.3 is 0 Å². The Hall–Kier alpha value is -1.32. The van der Waals surface area contributed by atoms with E-state index in [4.69, 9.17) is 4.74 Å². The minimum absolute atomic E-state index is 0.320. The van der Waals surface area contributed by atoms with E-state index in [1.54, 1.807) is 0 Å². The van der Waals surface area contributed by atoms with Gasteiger partial charge in [-0.15, -0.1) is 0 Å². The fourth-order valence-corrected chi connectivity index (χ4v) is 2.16. The summed E-state index contributed by atoms with van der Waals surface area (Å²) in [5.74, 6) is 0. The second kappa shape index (κ2) is 3.68. The predicted octanol–water partition coefficient (Wildman–Crippen LogP) is 1.83. The second-order valence-electron chi connectivity index (χ2n) is 3.87. The summed E-state index contributed by atoms with van der Waals surface area (Å²) in [4.78, 5) is 3.29. The summed E-state index contributed by atoms with van der Waals surface area (Å²) in [6.45, 7) is 2.51. The number of aromatic nitrogens is 1. The van der Waals surface area contributed by atoms with Crippen molar-refractivity contribution in [3.05, 3.63) is 36.0 Å². The number of H-pyrrole nitrogens is 1. The van der Waals surface area contributed by atoms with Gasteiger partial charge in [-0.05, 0) is 17.0 Å². The molecule has 0 radical (unpaired) electrons. The van der Waals surface area contributed by atoms with E-state index < -0.39 is 0 Å². The lowest BCUT2D eigenvalue weighted by atomic mass is 10.0. The number of ether oxygens (including phenoxy) is 1. The van der Waals surface area contributed by atoms with Crippen LogP contribution >= 0.6 is 0 Å². The average Bonchev–Trinajstić information content (AvgIpc) is 2.78. The topological polar surface area (TPSA) is 37.0 Å². The number of para-hydroxylation sites is 1. The van der Waals surface area contributed by atoms with E-state index in [1.807, 2.05) is 6.20 Å². The zero-order valence-electron chi connectivity index (χ0n) is 8.49. The van der Waals surface area contributed by atoms with E-state index in [-0.39, 0.29) is 0 Å². The Morgan fingerprint density at radius 3 is 3.13 bits per heavy atom. The van der Waals surface area contributed by atoms with Gasteiger partial charge in [-0.3, -0.25) is 0 Å². The molecule has 0 bridgehead atoms. The van der Waals surface area contributed by atoms with Gasteiger partial charge in [0.15, 0.2) is 0 Å². The van der Waals surface area contributed by atoms with Crippen LogP contribution in [0.25, 0.3) is 10.9 Å². The zero-order chi connectivity index (χ0) is 10.1. The Labute approximate surface area is 88.4 Å². The normalized spacial score (nSPS) is 22.0. The first-order valence-electron chi connectivity index (χ1n) is 5.32. The molecule has 1 aliphatic rings. The largest absolute Gasteiger partial charge is 0.378 e. The molecule has 78 valence electrons. The van der Waals surface area contributed by atoms with Gasteiger partial charge in [0, 0.05) is 12.7 Å². The van der Waals surface area contributed by atoms with Crippen molar-refractivity contribution in [2.45, 2.75) is 6.04 Å². The molecule has 3 heteroatoms. The SMILES string of the molecule is c1cc(C2COCCN2)c2[nH]ccc2c1. The van der Waals surface area contributed by atoms with Crippen molar-refractivity contribution < 1.29 is 4.74 Å². The smallest absolute Gasteiger partial charge is 0.0662 e. The van der Waals surface area contributed by atoms with Crippen molar-refractivity contribution in [2.24, 2.45) is 0 Å². The molecule has 1 aromatic carbocycles. The maximum absolute atomic E-state index is 5.49. The Bertz CT molecular complexity index is 457. The monoisotopic (exact) mass is 202 g/mol. The summed E-state index contributed by atoms with van der Waals surface area (Å²) in [5.41, 5.74) is 2.53. The zero-order valence-corrected chi connectivity index (χ0v) is 8.49. The summed E-state index contributed by atoms with van der Waals surface area (Å²) in [6.07, 6.45) is 1.98. The molecule has 1 aromatic heterocycles. The average molecular weight is 202 g/mol. The van der Waals surface area contributed by atoms with Crippen LogP contribution in [0.5, 0.6) is 0 Å². The fraction of sp³-hybridized carbons (Fsp3) is 0.333. The maximum atomic E-state index is 5.49. The molecule has 0 spiro atoms. The van der Waals surface area contributed by atoms with E-state index in [1.165, 1.54) is 16.5 Å². The quantitative estimate of drug-likeness (QED) is 0.740. The van der Waals surface area contributed by atoms with Crippen molar-refractivity contribution >= 4 is 10.9 Å². The predicted molar refractivity (Wildman–Crippen MR) is 59.9 cm³/mol. The van der Waals surface area contributed by atoms with Crippen molar-refractivity contribution in [1.29, 1.82) is 0 Å². The molecule has 1 aliphatic heterocycles. The van der Waals surface area contributed by atoms with Gasteiger partial charge in [0.2, 0.25) is 0 Å². The number of hydrogen-bond acceptors (Lipinski definition) is 2. The lowest BCUT2D eigenvalue weighted by molar-refractivity contribution is 0.0772. The number of benzene rings is 1. The molecule has 3 rings (SSSR count). The Balaban J connectivity index is 2.05. The van der Waals surface area contributed by atoms with Crippen molar-refractivity contribution in [3.8, 4) is 0 Å². The number of morpholine rings is 1. The van der Waals surface area contributed by atoms with Crippen LogP contribution in [0.3, 0.4) is 0 Å². The summed E-state index contributed by atoms with van der Waals surface area (Å²) in [6, 6.07) is 8.80. The number of nitrogens with one attached hydrogen (secondary N) is 2. The molecule has 0 aliphatic carbocycles. The van der Waals surface area contributed by atoms with Gasteiger partial charge in [0.1, 0.15) is 0 Å². The van der Waals surface area contributed by atoms with Crippen LogP contribution in [0.15, 0.2) is 30.5 Å². The number of rotatable bonds is 1. The van der Waals surface area contributed by atoms with E-state index in [2.05, 4.69) is 34.6 Å². The van der Waals surface area contributed by atoms with Crippen LogP contribution in [-0.4, -0.2) is 24.7 Å². The fourth-order valence-electron chi connectivity index (χ4n) is 2.16. The number of aromatic amines is 1. The van der Waals surface area contributed by atoms with Crippen LogP contribution < -0.4 is 5.32 Å². The van der Waals surface area contributed by atoms with Gasteiger partial charge in [-0.1, -0.05) is 18.2 Å². The lowest BCUT2D eigenvalue weighted by Gasteiger charge is -2.24. The highest BCUT2D eigenvalue weighted by atomic mass is 16.5. The molecule has 3 nitrogen and oxygen atoms in total. The van der Waals surface area contributed by atoms with Gasteiger partial charge < -0.3 is 15.0 Å². The van der Waals surface area contributed by atoms with Gasteiger partial charge in [0.05, 0.1) is 24.8 Å². The molecule has 2 N–H and O–H groups in total. The first-order chi connectivity index (χ1) is 7.45. The maximum Gasteiger partial charge on any atom is 0.0662 e. The Morgan fingerprint density at radius 2 is 2.27 bits per heavy atom. The standard InChI is InChI=1S/C12H14N2O/c1-2-9-4-5-14-12(9)10(3-1)11-8-15-7-6-13-11/h1-5,11,13-14H,6-8H2. The summed E-state index contributed by atoms with van der Waals surface area (Å²) in [5, 5.41) is 4.74. The minimum Gasteiger partial charge on any atom is -0.378 e. The third kappa shape index (κ3) is 1.54. The van der Waals surface area contributed by atoms with Gasteiger partial charge in [0.25, 0.3) is 0 Å². The highest BCUT2D eigenvalue weighted by Gasteiger charge is 2.17. The van der Waals surface area contributed by atoms with Crippen LogP contribution in [0, 0.1) is 0 Å². The highest BCUT2D eigenvalue weighted by Crippen LogP contribution is 2.24. The highest BCUT2D eigenvalue weighted by molar-refractivity contribution is 5.82. The van der Waals surface area contributed by atoms with Crippen molar-refractivity contribution in [1.82, 2.24) is 10.3 Å².